The maximum absolute atomic E-state index is 13.8. The predicted octanol–water partition coefficient (Wildman–Crippen LogP) is 5.45. The van der Waals surface area contributed by atoms with Crippen LogP contribution in [0.5, 0.6) is 5.75 Å². The molecule has 280 valence electrons. The number of aliphatic hydroxyl groups excluding tert-OH is 1. The zero-order valence-corrected chi connectivity index (χ0v) is 31.6. The highest BCUT2D eigenvalue weighted by Crippen LogP contribution is 2.28. The maximum Gasteiger partial charge on any atom is 0.328 e. The molecule has 2 amide bonds. The largest absolute Gasteiger partial charge is 0.495 e. The second-order valence-corrected chi connectivity index (χ2v) is 15.0. The van der Waals surface area contributed by atoms with Crippen molar-refractivity contribution in [1.82, 2.24) is 10.6 Å². The second kappa shape index (κ2) is 19.4. The number of methoxy groups -OCH3 is 1. The van der Waals surface area contributed by atoms with Crippen molar-refractivity contribution in [3.05, 3.63) is 82.4 Å². The number of amides is 2. The van der Waals surface area contributed by atoms with Gasteiger partial charge in [-0.3, -0.25) is 9.59 Å². The van der Waals surface area contributed by atoms with Gasteiger partial charge in [0.05, 0.1) is 30.2 Å². The number of aliphatic carboxylic acids is 1. The molecule has 0 fully saturated rings. The van der Waals surface area contributed by atoms with Gasteiger partial charge < -0.3 is 36.1 Å². The van der Waals surface area contributed by atoms with Crippen LogP contribution in [0.2, 0.25) is 5.02 Å². The third kappa shape index (κ3) is 14.2. The molecule has 51 heavy (non-hydrogen) atoms. The van der Waals surface area contributed by atoms with Crippen LogP contribution < -0.4 is 21.1 Å². The van der Waals surface area contributed by atoms with Gasteiger partial charge >= 0.3 is 11.9 Å². The van der Waals surface area contributed by atoms with Crippen LogP contribution in [-0.4, -0.2) is 65.3 Å². The summed E-state index contributed by atoms with van der Waals surface area (Å²) in [6, 6.07) is 9.85. The number of rotatable bonds is 18. The molecule has 11 nitrogen and oxygen atoms in total. The first-order valence-corrected chi connectivity index (χ1v) is 17.3. The lowest BCUT2D eigenvalue weighted by Crippen LogP contribution is -2.57. The van der Waals surface area contributed by atoms with E-state index in [0.717, 1.165) is 22.8 Å². The smallest absolute Gasteiger partial charge is 0.328 e. The summed E-state index contributed by atoms with van der Waals surface area (Å²) in [4.78, 5) is 51.8. The van der Waals surface area contributed by atoms with Crippen LogP contribution in [0.1, 0.15) is 78.0 Å². The highest BCUT2D eigenvalue weighted by atomic mass is 35.5. The van der Waals surface area contributed by atoms with Crippen molar-refractivity contribution < 1.29 is 38.9 Å². The molecule has 0 radical (unpaired) electrons. The number of aliphatic hydroxyl groups is 1. The Morgan fingerprint density at radius 1 is 0.980 bits per heavy atom. The Bertz CT molecular complexity index is 1550. The number of esters is 1. The molecule has 6 N–H and O–H groups in total. The molecule has 2 aromatic carbocycles. The summed E-state index contributed by atoms with van der Waals surface area (Å²) in [5, 5.41) is 24.6. The number of ether oxygens (including phenoxy) is 2. The highest BCUT2D eigenvalue weighted by molar-refractivity contribution is 6.32. The minimum absolute atomic E-state index is 0.0685. The highest BCUT2D eigenvalue weighted by Gasteiger charge is 2.39. The Hall–Kier alpha value is -4.19. The first-order chi connectivity index (χ1) is 23.8. The van der Waals surface area contributed by atoms with Crippen LogP contribution in [0.15, 0.2) is 60.7 Å². The van der Waals surface area contributed by atoms with E-state index in [-0.39, 0.29) is 37.2 Å². The number of nitrogens with two attached hydrogens (primary N) is 1. The van der Waals surface area contributed by atoms with Gasteiger partial charge in [-0.15, -0.1) is 0 Å². The summed E-state index contributed by atoms with van der Waals surface area (Å²) in [7, 11) is 1.51. The van der Waals surface area contributed by atoms with Gasteiger partial charge in [-0.1, -0.05) is 87.9 Å². The molecule has 0 saturated carbocycles. The van der Waals surface area contributed by atoms with E-state index in [1.54, 1.807) is 51.1 Å². The Morgan fingerprint density at radius 3 is 2.16 bits per heavy atom. The van der Waals surface area contributed by atoms with E-state index in [2.05, 4.69) is 10.6 Å². The Morgan fingerprint density at radius 2 is 1.61 bits per heavy atom. The van der Waals surface area contributed by atoms with Gasteiger partial charge in [-0.05, 0) is 67.9 Å². The Kier molecular flexibility index (Phi) is 16.4. The van der Waals surface area contributed by atoms with Gasteiger partial charge in [0.15, 0.2) is 0 Å². The average Bonchev–Trinajstić information content (AvgIpc) is 3.05. The number of carboxylic acid groups (broad SMARTS) is 1. The fourth-order valence-electron chi connectivity index (χ4n) is 5.06. The standard InChI is InChI=1S/C39H54ClN3O8/c1-24(12-13-26-14-16-27(23-44)17-15-26)32(10-9-11-34(45)46)51-36(48)31(22-38(3,4)5)43-37(49)39(6,7)25(2)42-35(47)30(41)21-28-18-19-33(50-8)29(40)20-28/h9,11-20,24-25,30-32,44H,10,21-23,41H2,1-8H3,(H,42,47)(H,43,49)(H,45,46)/t24-,25?,30-,31+,32+/m1/s1. The number of hydrogen-bond donors (Lipinski definition) is 5. The van der Waals surface area contributed by atoms with Crippen molar-refractivity contribution in [3.8, 4) is 5.75 Å². The SMILES string of the molecule is COc1ccc(C[C@@H](N)C(=O)NC(C)C(C)(C)C(=O)N[C@@H](CC(C)(C)C)C(=O)O[C@@H](CC=CC(=O)O)[C@H](C)C=Cc2ccc(CO)cc2)cc1Cl. The van der Waals surface area contributed by atoms with Crippen LogP contribution in [0.25, 0.3) is 6.08 Å². The average molecular weight is 728 g/mol. The third-order valence-corrected chi connectivity index (χ3v) is 8.97. The molecule has 2 aromatic rings. The fourth-order valence-corrected chi connectivity index (χ4v) is 5.34. The van der Waals surface area contributed by atoms with Gasteiger partial charge in [0.25, 0.3) is 0 Å². The summed E-state index contributed by atoms with van der Waals surface area (Å²) in [5.74, 6) is -2.54. The molecule has 12 heteroatoms. The maximum atomic E-state index is 13.8. The molecule has 5 atom stereocenters. The number of hydrogen-bond acceptors (Lipinski definition) is 8. The first kappa shape index (κ1) is 43.0. The molecule has 0 bridgehead atoms. The molecule has 0 saturated heterocycles. The number of carbonyl (C=O) groups excluding carboxylic acids is 3. The van der Waals surface area contributed by atoms with Crippen LogP contribution in [0.3, 0.4) is 0 Å². The van der Waals surface area contributed by atoms with Gasteiger partial charge in [0, 0.05) is 24.5 Å². The lowest BCUT2D eigenvalue weighted by molar-refractivity contribution is -0.156. The van der Waals surface area contributed by atoms with Crippen LogP contribution in [-0.2, 0) is 36.9 Å². The molecule has 0 heterocycles. The second-order valence-electron chi connectivity index (χ2n) is 14.6. The monoisotopic (exact) mass is 727 g/mol. The van der Waals surface area contributed by atoms with Gasteiger partial charge in [-0.25, -0.2) is 9.59 Å². The predicted molar refractivity (Wildman–Crippen MR) is 199 cm³/mol. The molecule has 0 spiro atoms. The molecule has 0 aliphatic rings. The molecule has 1 unspecified atom stereocenters. The van der Waals surface area contributed by atoms with Gasteiger partial charge in [0.1, 0.15) is 17.9 Å². The van der Waals surface area contributed by atoms with Crippen LogP contribution in [0.4, 0.5) is 0 Å². The van der Waals surface area contributed by atoms with Gasteiger partial charge in [-0.2, -0.15) is 0 Å². The Balaban J connectivity index is 2.20. The quantitative estimate of drug-likeness (QED) is 0.0987. The third-order valence-electron chi connectivity index (χ3n) is 8.68. The number of carbonyl (C=O) groups is 4. The van der Waals surface area contributed by atoms with E-state index in [1.165, 1.54) is 13.2 Å². The lowest BCUT2D eigenvalue weighted by Gasteiger charge is -2.35. The van der Waals surface area contributed by atoms with E-state index in [1.807, 2.05) is 52.0 Å². The molecule has 0 aliphatic heterocycles. The molecular formula is C39H54ClN3O8. The molecular weight excluding hydrogens is 674 g/mol. The van der Waals surface area contributed by atoms with E-state index in [0.29, 0.717) is 10.8 Å². The van der Waals surface area contributed by atoms with Crippen LogP contribution in [0, 0.1) is 16.7 Å². The van der Waals surface area contributed by atoms with Crippen LogP contribution >= 0.6 is 11.6 Å². The summed E-state index contributed by atoms with van der Waals surface area (Å²) in [6.07, 6.45) is 5.99. The normalized spacial score (nSPS) is 15.1. The fraction of sp³-hybridized carbons (Fsp3) is 0.487. The van der Waals surface area contributed by atoms with E-state index < -0.39 is 53.4 Å². The Labute approximate surface area is 306 Å². The van der Waals surface area contributed by atoms with Gasteiger partial charge in [0.2, 0.25) is 11.8 Å². The van der Waals surface area contributed by atoms with Crippen molar-refractivity contribution in [3.63, 3.8) is 0 Å². The minimum atomic E-state index is -1.17. The van der Waals surface area contributed by atoms with Crippen molar-refractivity contribution in [1.29, 1.82) is 0 Å². The molecule has 2 rings (SSSR count). The zero-order chi connectivity index (χ0) is 38.5. The summed E-state index contributed by atoms with van der Waals surface area (Å²) in [6.45, 7) is 12.6. The molecule has 0 aromatic heterocycles. The van der Waals surface area contributed by atoms with Crippen molar-refractivity contribution in [2.24, 2.45) is 22.5 Å². The number of nitrogens with one attached hydrogen (secondary N) is 2. The van der Waals surface area contributed by atoms with Crippen molar-refractivity contribution in [2.75, 3.05) is 7.11 Å². The summed E-state index contributed by atoms with van der Waals surface area (Å²) < 4.78 is 11.2. The first-order valence-electron chi connectivity index (χ1n) is 16.9. The van der Waals surface area contributed by atoms with Crippen molar-refractivity contribution in [2.45, 2.75) is 98.6 Å². The number of benzene rings is 2. The number of carboxylic acids is 1. The van der Waals surface area contributed by atoms with E-state index >= 15 is 0 Å². The topological polar surface area (TPSA) is 177 Å². The van der Waals surface area contributed by atoms with Crippen molar-refractivity contribution >= 4 is 41.4 Å². The number of halogens is 1. The van der Waals surface area contributed by atoms with E-state index in [4.69, 9.17) is 31.9 Å². The zero-order valence-electron chi connectivity index (χ0n) is 30.9. The van der Waals surface area contributed by atoms with E-state index in [9.17, 15) is 24.3 Å². The lowest BCUT2D eigenvalue weighted by atomic mass is 9.82. The minimum Gasteiger partial charge on any atom is -0.495 e. The summed E-state index contributed by atoms with van der Waals surface area (Å²) >= 11 is 6.22. The molecule has 0 aliphatic carbocycles. The summed E-state index contributed by atoms with van der Waals surface area (Å²) in [5.41, 5.74) is 7.06.